The number of nitrogens with zero attached hydrogens (tertiary/aromatic N) is 2. The zero-order chi connectivity index (χ0) is 19.6. The van der Waals surface area contributed by atoms with Gasteiger partial charge in [0.1, 0.15) is 12.0 Å². The first-order valence-corrected chi connectivity index (χ1v) is 8.21. The maximum absolute atomic E-state index is 13.2. The highest BCUT2D eigenvalue weighted by Gasteiger charge is 2.33. The molecule has 5 nitrogen and oxygen atoms in total. The number of benzene rings is 2. The lowest BCUT2D eigenvalue weighted by atomic mass is 10.1. The summed E-state index contributed by atoms with van der Waals surface area (Å²) in [6.07, 6.45) is -3.30. The third-order valence-corrected chi connectivity index (χ3v) is 4.30. The molecule has 0 unspecified atom stereocenters. The quantitative estimate of drug-likeness (QED) is 0.543. The summed E-state index contributed by atoms with van der Waals surface area (Å²) < 4.78 is 39.5. The fraction of sp³-hybridized carbons (Fsp3) is 0.111. The predicted molar refractivity (Wildman–Crippen MR) is 101 cm³/mol. The van der Waals surface area contributed by atoms with Gasteiger partial charge in [0.25, 0.3) is 0 Å². The van der Waals surface area contributed by atoms with Gasteiger partial charge in [0.15, 0.2) is 11.6 Å². The maximum Gasteiger partial charge on any atom is 0.418 e. The summed E-state index contributed by atoms with van der Waals surface area (Å²) in [5.41, 5.74) is 6.63. The fourth-order valence-corrected chi connectivity index (χ4v) is 2.61. The van der Waals surface area contributed by atoms with Crippen molar-refractivity contribution in [3.63, 3.8) is 0 Å². The van der Waals surface area contributed by atoms with Crippen molar-refractivity contribution in [3.05, 3.63) is 64.9 Å². The van der Waals surface area contributed by atoms with E-state index in [9.17, 15) is 13.2 Å². The van der Waals surface area contributed by atoms with E-state index in [1.54, 1.807) is 18.2 Å². The van der Waals surface area contributed by atoms with Gasteiger partial charge < -0.3 is 16.4 Å². The Bertz CT molecular complexity index is 975. The Morgan fingerprint density at radius 1 is 0.926 bits per heavy atom. The molecule has 3 rings (SSSR count). The molecule has 0 radical (unpaired) electrons. The van der Waals surface area contributed by atoms with Crippen LogP contribution in [-0.2, 0) is 6.18 Å². The standard InChI is InChI=1S/C18H15ClF3N5/c1-10-12(19)6-4-8-13(10)26-16-15(23)17(25-9-24-16)27-14-7-3-2-5-11(14)18(20,21)22/h2-9H,23H2,1H3,(H2,24,25,26,27). The second-order valence-electron chi connectivity index (χ2n) is 5.69. The molecule has 0 aliphatic rings. The molecule has 2 aromatic carbocycles. The van der Waals surface area contributed by atoms with E-state index in [-0.39, 0.29) is 23.0 Å². The average Bonchev–Trinajstić information content (AvgIpc) is 2.62. The van der Waals surface area contributed by atoms with E-state index in [0.29, 0.717) is 10.7 Å². The average molecular weight is 394 g/mol. The van der Waals surface area contributed by atoms with Crippen LogP contribution >= 0.6 is 11.6 Å². The molecule has 0 atom stereocenters. The maximum atomic E-state index is 13.2. The summed E-state index contributed by atoms with van der Waals surface area (Å²) in [5, 5.41) is 6.23. The van der Waals surface area contributed by atoms with Crippen LogP contribution in [0.4, 0.5) is 41.9 Å². The molecule has 9 heteroatoms. The van der Waals surface area contributed by atoms with Crippen LogP contribution in [0, 0.1) is 6.92 Å². The minimum absolute atomic E-state index is 0.0591. The molecule has 0 aliphatic carbocycles. The molecule has 0 fully saturated rings. The molecule has 0 amide bonds. The minimum Gasteiger partial charge on any atom is -0.393 e. The number of nitrogens with one attached hydrogen (secondary N) is 2. The lowest BCUT2D eigenvalue weighted by molar-refractivity contribution is -0.136. The zero-order valence-corrected chi connectivity index (χ0v) is 14.9. The van der Waals surface area contributed by atoms with Gasteiger partial charge in [0.05, 0.1) is 11.3 Å². The van der Waals surface area contributed by atoms with Crippen LogP contribution in [0.5, 0.6) is 0 Å². The van der Waals surface area contributed by atoms with Crippen LogP contribution in [0.3, 0.4) is 0 Å². The van der Waals surface area contributed by atoms with Crippen molar-refractivity contribution in [2.45, 2.75) is 13.1 Å². The first-order chi connectivity index (χ1) is 12.8. The molecule has 27 heavy (non-hydrogen) atoms. The van der Waals surface area contributed by atoms with Crippen molar-refractivity contribution in [2.24, 2.45) is 0 Å². The van der Waals surface area contributed by atoms with Gasteiger partial charge in [-0.05, 0) is 36.8 Å². The van der Waals surface area contributed by atoms with Gasteiger partial charge in [-0.15, -0.1) is 0 Å². The summed E-state index contributed by atoms with van der Waals surface area (Å²) >= 11 is 6.10. The summed E-state index contributed by atoms with van der Waals surface area (Å²) in [4.78, 5) is 8.02. The summed E-state index contributed by atoms with van der Waals surface area (Å²) in [6, 6.07) is 10.4. The SMILES string of the molecule is Cc1c(Cl)cccc1Nc1ncnc(Nc2ccccc2C(F)(F)F)c1N. The van der Waals surface area contributed by atoms with E-state index < -0.39 is 11.7 Å². The summed E-state index contributed by atoms with van der Waals surface area (Å²) in [5.74, 6) is 0.311. The molecule has 1 aromatic heterocycles. The number of rotatable bonds is 4. The van der Waals surface area contributed by atoms with E-state index >= 15 is 0 Å². The van der Waals surface area contributed by atoms with Gasteiger partial charge in [-0.1, -0.05) is 29.8 Å². The lowest BCUT2D eigenvalue weighted by Gasteiger charge is -2.16. The number of aromatic nitrogens is 2. The van der Waals surface area contributed by atoms with Crippen molar-refractivity contribution in [2.75, 3.05) is 16.4 Å². The van der Waals surface area contributed by atoms with Crippen molar-refractivity contribution in [1.29, 1.82) is 0 Å². The summed E-state index contributed by atoms with van der Waals surface area (Å²) in [7, 11) is 0. The number of anilines is 5. The number of hydrogen-bond donors (Lipinski definition) is 3. The van der Waals surface area contributed by atoms with Crippen molar-refractivity contribution in [3.8, 4) is 0 Å². The highest BCUT2D eigenvalue weighted by molar-refractivity contribution is 6.31. The van der Waals surface area contributed by atoms with Crippen molar-refractivity contribution < 1.29 is 13.2 Å². The van der Waals surface area contributed by atoms with Crippen molar-refractivity contribution in [1.82, 2.24) is 9.97 Å². The molecule has 0 saturated carbocycles. The Hall–Kier alpha value is -3.00. The van der Waals surface area contributed by atoms with Crippen LogP contribution in [0.25, 0.3) is 0 Å². The molecule has 0 saturated heterocycles. The monoisotopic (exact) mass is 393 g/mol. The number of nitrogen functional groups attached to an aromatic ring is 1. The topological polar surface area (TPSA) is 75.9 Å². The molecular formula is C18H15ClF3N5. The first kappa shape index (κ1) is 18.8. The van der Waals surface area contributed by atoms with Gasteiger partial charge in [0.2, 0.25) is 0 Å². The Kier molecular flexibility index (Phi) is 5.09. The summed E-state index contributed by atoms with van der Waals surface area (Å²) in [6.45, 7) is 1.82. The fourth-order valence-electron chi connectivity index (χ4n) is 2.43. The third kappa shape index (κ3) is 4.06. The zero-order valence-electron chi connectivity index (χ0n) is 14.1. The van der Waals surface area contributed by atoms with E-state index in [1.165, 1.54) is 24.5 Å². The van der Waals surface area contributed by atoms with Gasteiger partial charge in [0, 0.05) is 10.7 Å². The van der Waals surface area contributed by atoms with Gasteiger partial charge in [-0.2, -0.15) is 13.2 Å². The molecule has 1 heterocycles. The van der Waals surface area contributed by atoms with Crippen molar-refractivity contribution >= 4 is 40.3 Å². The van der Waals surface area contributed by atoms with Crippen LogP contribution in [0.2, 0.25) is 5.02 Å². The van der Waals surface area contributed by atoms with Crippen LogP contribution in [-0.4, -0.2) is 9.97 Å². The number of alkyl halides is 3. The van der Waals surface area contributed by atoms with E-state index in [1.807, 2.05) is 6.92 Å². The van der Waals surface area contributed by atoms with Crippen LogP contribution < -0.4 is 16.4 Å². The minimum atomic E-state index is -4.51. The Labute approximate surface area is 158 Å². The van der Waals surface area contributed by atoms with Gasteiger partial charge in [-0.3, -0.25) is 0 Å². The second-order valence-corrected chi connectivity index (χ2v) is 6.10. The number of hydrogen-bond acceptors (Lipinski definition) is 5. The normalized spacial score (nSPS) is 11.3. The van der Waals surface area contributed by atoms with Gasteiger partial charge >= 0.3 is 6.18 Å². The second kappa shape index (κ2) is 7.32. The highest BCUT2D eigenvalue weighted by atomic mass is 35.5. The third-order valence-electron chi connectivity index (χ3n) is 3.89. The van der Waals surface area contributed by atoms with E-state index in [4.69, 9.17) is 17.3 Å². The molecule has 140 valence electrons. The molecule has 4 N–H and O–H groups in total. The predicted octanol–water partition coefficient (Wildman–Crippen LogP) is 5.53. The number of halogens is 4. The highest BCUT2D eigenvalue weighted by Crippen LogP contribution is 2.37. The number of nitrogens with two attached hydrogens (primary N) is 1. The Balaban J connectivity index is 1.94. The van der Waals surface area contributed by atoms with Gasteiger partial charge in [-0.25, -0.2) is 9.97 Å². The number of para-hydroxylation sites is 1. The molecule has 0 bridgehead atoms. The smallest absolute Gasteiger partial charge is 0.393 e. The van der Waals surface area contributed by atoms with Crippen LogP contribution in [0.15, 0.2) is 48.8 Å². The molecule has 3 aromatic rings. The molecule has 0 spiro atoms. The first-order valence-electron chi connectivity index (χ1n) is 7.83. The largest absolute Gasteiger partial charge is 0.418 e. The molecule has 0 aliphatic heterocycles. The lowest BCUT2D eigenvalue weighted by Crippen LogP contribution is -2.11. The Morgan fingerprint density at radius 2 is 1.52 bits per heavy atom. The van der Waals surface area contributed by atoms with Crippen LogP contribution in [0.1, 0.15) is 11.1 Å². The molecular weight excluding hydrogens is 379 g/mol. The van der Waals surface area contributed by atoms with E-state index in [2.05, 4.69) is 20.6 Å². The Morgan fingerprint density at radius 3 is 2.19 bits per heavy atom. The van der Waals surface area contributed by atoms with E-state index in [0.717, 1.165) is 11.6 Å².